The molecule has 2 saturated heterocycles. The predicted molar refractivity (Wildman–Crippen MR) is 108 cm³/mol. The van der Waals surface area contributed by atoms with E-state index >= 15 is 0 Å². The van der Waals surface area contributed by atoms with E-state index in [-0.39, 0.29) is 47.6 Å². The summed E-state index contributed by atoms with van der Waals surface area (Å²) < 4.78 is 28.8. The van der Waals surface area contributed by atoms with Gasteiger partial charge in [0.2, 0.25) is 0 Å². The normalized spacial score (nSPS) is 27.8. The van der Waals surface area contributed by atoms with Crippen molar-refractivity contribution in [3.63, 3.8) is 0 Å². The Morgan fingerprint density at radius 2 is 2.17 bits per heavy atom. The molecule has 2 unspecified atom stereocenters. The van der Waals surface area contributed by atoms with Crippen molar-refractivity contribution in [2.24, 2.45) is 10.9 Å². The van der Waals surface area contributed by atoms with Gasteiger partial charge >= 0.3 is 0 Å². The molecule has 0 spiro atoms. The molecule has 2 aliphatic heterocycles. The Morgan fingerprint density at radius 3 is 2.75 bits per heavy atom. The van der Waals surface area contributed by atoms with E-state index in [1.165, 1.54) is 0 Å². The number of aliphatic imine (C=N–C) groups is 1. The molecule has 9 heteroatoms. The van der Waals surface area contributed by atoms with Crippen LogP contribution in [0.25, 0.3) is 0 Å². The van der Waals surface area contributed by atoms with Gasteiger partial charge < -0.3 is 15.4 Å². The molecule has 142 valence electrons. The SMILES string of the molecule is CN=C(NCC1CN(CC(C)C)CCO1)NC1CCS(=O)(=O)C1.I. The summed E-state index contributed by atoms with van der Waals surface area (Å²) in [6, 6.07) is -0.0455. The number of rotatable bonds is 5. The number of ether oxygens (including phenoxy) is 1. The second kappa shape index (κ2) is 10.1. The van der Waals surface area contributed by atoms with Gasteiger partial charge in [0.25, 0.3) is 0 Å². The minimum Gasteiger partial charge on any atom is -0.374 e. The number of nitrogens with one attached hydrogen (secondary N) is 2. The number of morpholine rings is 1. The van der Waals surface area contributed by atoms with E-state index < -0.39 is 9.84 Å². The lowest BCUT2D eigenvalue weighted by Gasteiger charge is -2.34. The molecule has 0 saturated carbocycles. The first kappa shape index (κ1) is 21.9. The zero-order valence-electron chi connectivity index (χ0n) is 14.8. The summed E-state index contributed by atoms with van der Waals surface area (Å²) in [7, 11) is -1.18. The molecule has 2 aliphatic rings. The van der Waals surface area contributed by atoms with Crippen LogP contribution in [0, 0.1) is 5.92 Å². The van der Waals surface area contributed by atoms with Crippen LogP contribution < -0.4 is 10.6 Å². The molecule has 2 rings (SSSR count). The molecule has 0 aromatic rings. The number of hydrogen-bond acceptors (Lipinski definition) is 5. The second-order valence-electron chi connectivity index (χ2n) is 6.84. The molecule has 0 amide bonds. The van der Waals surface area contributed by atoms with Crippen LogP contribution in [0.4, 0.5) is 0 Å². The molecule has 24 heavy (non-hydrogen) atoms. The van der Waals surface area contributed by atoms with Gasteiger partial charge in [-0.3, -0.25) is 9.89 Å². The molecule has 2 heterocycles. The number of sulfone groups is 1. The fourth-order valence-corrected chi connectivity index (χ4v) is 4.77. The van der Waals surface area contributed by atoms with Gasteiger partial charge in [-0.25, -0.2) is 8.42 Å². The van der Waals surface area contributed by atoms with Gasteiger partial charge in [0.05, 0.1) is 24.2 Å². The Kier molecular flexibility index (Phi) is 9.24. The summed E-state index contributed by atoms with van der Waals surface area (Å²) in [5, 5.41) is 6.45. The fraction of sp³-hybridized carbons (Fsp3) is 0.933. The Hall–Kier alpha value is -0.130. The largest absolute Gasteiger partial charge is 0.374 e. The number of halogens is 1. The standard InChI is InChI=1S/C15H30N4O3S.HI/c1-12(2)9-19-5-6-22-14(10-19)8-17-15(16-3)18-13-4-7-23(20,21)11-13;/h12-14H,4-11H2,1-3H3,(H2,16,17,18);1H. The molecule has 2 fully saturated rings. The first-order chi connectivity index (χ1) is 10.9. The summed E-state index contributed by atoms with van der Waals surface area (Å²) >= 11 is 0. The Morgan fingerprint density at radius 1 is 1.42 bits per heavy atom. The quantitative estimate of drug-likeness (QED) is 0.339. The van der Waals surface area contributed by atoms with Gasteiger partial charge in [0.1, 0.15) is 0 Å². The maximum Gasteiger partial charge on any atom is 0.191 e. The third kappa shape index (κ3) is 7.40. The van der Waals surface area contributed by atoms with Crippen molar-refractivity contribution in [3.8, 4) is 0 Å². The summed E-state index contributed by atoms with van der Waals surface area (Å²) in [5.41, 5.74) is 0. The lowest BCUT2D eigenvalue weighted by Crippen LogP contribution is -2.51. The van der Waals surface area contributed by atoms with Crippen LogP contribution in [0.5, 0.6) is 0 Å². The van der Waals surface area contributed by atoms with Crippen LogP contribution >= 0.6 is 24.0 Å². The average Bonchev–Trinajstić information content (AvgIpc) is 2.82. The van der Waals surface area contributed by atoms with Crippen LogP contribution in [0.3, 0.4) is 0 Å². The van der Waals surface area contributed by atoms with Crippen molar-refractivity contribution in [3.05, 3.63) is 0 Å². The summed E-state index contributed by atoms with van der Waals surface area (Å²) in [5.74, 6) is 1.75. The molecule has 0 aromatic carbocycles. The van der Waals surface area contributed by atoms with Crippen LogP contribution in [0.1, 0.15) is 20.3 Å². The lowest BCUT2D eigenvalue weighted by atomic mass is 10.2. The average molecular weight is 474 g/mol. The third-order valence-electron chi connectivity index (χ3n) is 4.14. The second-order valence-corrected chi connectivity index (χ2v) is 9.07. The molecule has 0 bridgehead atoms. The highest BCUT2D eigenvalue weighted by Gasteiger charge is 2.28. The van der Waals surface area contributed by atoms with Crippen molar-refractivity contribution in [1.29, 1.82) is 0 Å². The van der Waals surface area contributed by atoms with Gasteiger partial charge in [-0.05, 0) is 12.3 Å². The molecule has 2 atom stereocenters. The highest BCUT2D eigenvalue weighted by Crippen LogP contribution is 2.11. The van der Waals surface area contributed by atoms with E-state index in [0.29, 0.717) is 24.8 Å². The first-order valence-corrected chi connectivity index (χ1v) is 10.2. The molecule has 7 nitrogen and oxygen atoms in total. The van der Waals surface area contributed by atoms with Gasteiger partial charge in [-0.2, -0.15) is 0 Å². The Balaban J connectivity index is 0.00000288. The fourth-order valence-electron chi connectivity index (χ4n) is 3.09. The number of guanidine groups is 1. The predicted octanol–water partition coefficient (Wildman–Crippen LogP) is 0.313. The van der Waals surface area contributed by atoms with Gasteiger partial charge in [0, 0.05) is 39.3 Å². The van der Waals surface area contributed by atoms with E-state index in [0.717, 1.165) is 26.2 Å². The number of nitrogens with zero attached hydrogens (tertiary/aromatic N) is 2. The van der Waals surface area contributed by atoms with Crippen LogP contribution in [-0.2, 0) is 14.6 Å². The number of hydrogen-bond donors (Lipinski definition) is 2. The van der Waals surface area contributed by atoms with Crippen LogP contribution in [0.15, 0.2) is 4.99 Å². The van der Waals surface area contributed by atoms with Crippen LogP contribution in [-0.4, -0.2) is 82.8 Å². The van der Waals surface area contributed by atoms with Crippen molar-refractivity contribution >= 4 is 39.8 Å². The zero-order valence-corrected chi connectivity index (χ0v) is 18.0. The minimum absolute atomic E-state index is 0. The van der Waals surface area contributed by atoms with E-state index in [4.69, 9.17) is 4.74 Å². The van der Waals surface area contributed by atoms with Crippen LogP contribution in [0.2, 0.25) is 0 Å². The molecular weight excluding hydrogens is 443 g/mol. The monoisotopic (exact) mass is 474 g/mol. The van der Waals surface area contributed by atoms with Crippen molar-refractivity contribution < 1.29 is 13.2 Å². The van der Waals surface area contributed by atoms with Gasteiger partial charge in [-0.15, -0.1) is 24.0 Å². The molecule has 2 N–H and O–H groups in total. The van der Waals surface area contributed by atoms with Gasteiger partial charge in [0.15, 0.2) is 15.8 Å². The van der Waals surface area contributed by atoms with Gasteiger partial charge in [-0.1, -0.05) is 13.8 Å². The topological polar surface area (TPSA) is 83.0 Å². The van der Waals surface area contributed by atoms with Crippen molar-refractivity contribution in [2.45, 2.75) is 32.4 Å². The minimum atomic E-state index is -2.88. The maximum absolute atomic E-state index is 11.5. The highest BCUT2D eigenvalue weighted by atomic mass is 127. The Bertz CT molecular complexity index is 513. The maximum atomic E-state index is 11.5. The van der Waals surface area contributed by atoms with E-state index in [1.54, 1.807) is 7.05 Å². The molecule has 0 radical (unpaired) electrons. The van der Waals surface area contributed by atoms with E-state index in [1.807, 2.05) is 0 Å². The summed E-state index contributed by atoms with van der Waals surface area (Å²) in [6.45, 7) is 8.88. The summed E-state index contributed by atoms with van der Waals surface area (Å²) in [6.07, 6.45) is 0.777. The van der Waals surface area contributed by atoms with Crippen molar-refractivity contribution in [2.75, 3.05) is 51.3 Å². The summed E-state index contributed by atoms with van der Waals surface area (Å²) in [4.78, 5) is 6.61. The zero-order chi connectivity index (χ0) is 16.9. The molecule has 0 aromatic heterocycles. The van der Waals surface area contributed by atoms with E-state index in [2.05, 4.69) is 34.4 Å². The molecular formula is C15H31IN4O3S. The molecule has 0 aliphatic carbocycles. The third-order valence-corrected chi connectivity index (χ3v) is 5.91. The van der Waals surface area contributed by atoms with E-state index in [9.17, 15) is 8.42 Å². The first-order valence-electron chi connectivity index (χ1n) is 8.39. The smallest absolute Gasteiger partial charge is 0.191 e. The lowest BCUT2D eigenvalue weighted by molar-refractivity contribution is -0.0284. The highest BCUT2D eigenvalue weighted by molar-refractivity contribution is 14.0. The van der Waals surface area contributed by atoms with Crippen molar-refractivity contribution in [1.82, 2.24) is 15.5 Å². The Labute approximate surface area is 162 Å².